The number of anilines is 1. The van der Waals surface area contributed by atoms with Gasteiger partial charge in [0, 0.05) is 30.3 Å². The van der Waals surface area contributed by atoms with Crippen molar-refractivity contribution < 1.29 is 14.6 Å². The van der Waals surface area contributed by atoms with E-state index in [1.165, 1.54) is 5.56 Å². The maximum atomic E-state index is 9.91. The molecule has 4 rings (SSSR count). The van der Waals surface area contributed by atoms with Crippen molar-refractivity contribution in [2.75, 3.05) is 25.1 Å². The van der Waals surface area contributed by atoms with Gasteiger partial charge in [0.2, 0.25) is 0 Å². The molecule has 0 atom stereocenters. The lowest BCUT2D eigenvalue weighted by Crippen LogP contribution is -2.28. The van der Waals surface area contributed by atoms with E-state index in [1.807, 2.05) is 6.07 Å². The Bertz CT molecular complexity index is 938. The van der Waals surface area contributed by atoms with E-state index in [4.69, 9.17) is 9.47 Å². The molecule has 0 radical (unpaired) electrons. The summed E-state index contributed by atoms with van der Waals surface area (Å²) in [6.07, 6.45) is 2.01. The van der Waals surface area contributed by atoms with Crippen LogP contribution in [-0.4, -0.2) is 41.6 Å². The van der Waals surface area contributed by atoms with E-state index in [0.717, 1.165) is 53.9 Å². The molecule has 0 aliphatic carbocycles. The monoisotopic (exact) mass is 394 g/mol. The van der Waals surface area contributed by atoms with Crippen molar-refractivity contribution in [1.29, 1.82) is 0 Å². The lowest BCUT2D eigenvalue weighted by Gasteiger charge is -2.25. The molecule has 3 aromatic rings. The van der Waals surface area contributed by atoms with E-state index in [0.29, 0.717) is 19.3 Å². The van der Waals surface area contributed by atoms with Crippen LogP contribution in [0.4, 0.5) is 5.69 Å². The second kappa shape index (κ2) is 8.57. The highest BCUT2D eigenvalue weighted by Gasteiger charge is 2.17. The number of ether oxygens (including phenoxy) is 2. The summed E-state index contributed by atoms with van der Waals surface area (Å²) >= 11 is 0. The third-order valence-electron chi connectivity index (χ3n) is 5.18. The Morgan fingerprint density at radius 3 is 2.62 bits per heavy atom. The summed E-state index contributed by atoms with van der Waals surface area (Å²) in [5.74, 6) is 0. The van der Waals surface area contributed by atoms with Crippen LogP contribution in [0.3, 0.4) is 0 Å². The number of rotatable bonds is 7. The average Bonchev–Trinajstić information content (AvgIpc) is 3.13. The number of aromatic amines is 1. The van der Waals surface area contributed by atoms with E-state index in [1.54, 1.807) is 13.8 Å². The molecule has 1 fully saturated rings. The molecule has 3 N–H and O–H groups in total. The van der Waals surface area contributed by atoms with Gasteiger partial charge in [0.25, 0.3) is 0 Å². The number of hydrogen-bond acceptors (Lipinski definition) is 4. The first-order chi connectivity index (χ1) is 14.0. The van der Waals surface area contributed by atoms with Crippen molar-refractivity contribution in [3.63, 3.8) is 0 Å². The standard InChI is InChI=1S/C24H30N2O3/c1-24(2,27)16-29-15-17-12-19-14-21(18-6-4-3-5-7-18)26-23(19)22(13-17)25-20-8-10-28-11-9-20/h3-7,12-14,20,25-27H,8-11,15-16H2,1-2H3. The molecule has 5 heteroatoms. The zero-order valence-corrected chi connectivity index (χ0v) is 17.2. The van der Waals surface area contributed by atoms with Crippen LogP contribution < -0.4 is 5.32 Å². The second-order valence-electron chi connectivity index (χ2n) is 8.49. The van der Waals surface area contributed by atoms with Crippen molar-refractivity contribution >= 4 is 16.6 Å². The fourth-order valence-corrected chi connectivity index (χ4v) is 3.76. The predicted molar refractivity (Wildman–Crippen MR) is 117 cm³/mol. The van der Waals surface area contributed by atoms with Crippen LogP contribution in [0.2, 0.25) is 0 Å². The smallest absolute Gasteiger partial charge is 0.0824 e. The molecule has 2 heterocycles. The van der Waals surface area contributed by atoms with Gasteiger partial charge in [0.1, 0.15) is 0 Å². The Kier molecular flexibility index (Phi) is 5.90. The van der Waals surface area contributed by atoms with Crippen LogP contribution in [-0.2, 0) is 16.1 Å². The molecule has 154 valence electrons. The molecule has 1 aliphatic heterocycles. The summed E-state index contributed by atoms with van der Waals surface area (Å²) < 4.78 is 11.3. The summed E-state index contributed by atoms with van der Waals surface area (Å²) in [5.41, 5.74) is 4.74. The van der Waals surface area contributed by atoms with Gasteiger partial charge in [-0.05, 0) is 56.0 Å². The Morgan fingerprint density at radius 1 is 1.14 bits per heavy atom. The minimum atomic E-state index is -0.832. The Morgan fingerprint density at radius 2 is 1.90 bits per heavy atom. The molecule has 0 spiro atoms. The molecular weight excluding hydrogens is 364 g/mol. The summed E-state index contributed by atoms with van der Waals surface area (Å²) in [7, 11) is 0. The van der Waals surface area contributed by atoms with Gasteiger partial charge in [-0.3, -0.25) is 0 Å². The predicted octanol–water partition coefficient (Wildman–Crippen LogP) is 4.71. The number of benzene rings is 2. The van der Waals surface area contributed by atoms with E-state index in [2.05, 4.69) is 52.8 Å². The van der Waals surface area contributed by atoms with Gasteiger partial charge in [-0.2, -0.15) is 0 Å². The van der Waals surface area contributed by atoms with Crippen LogP contribution >= 0.6 is 0 Å². The first kappa shape index (κ1) is 20.0. The molecule has 1 aliphatic rings. The van der Waals surface area contributed by atoms with Crippen molar-refractivity contribution in [3.8, 4) is 11.3 Å². The molecular formula is C24H30N2O3. The Balaban J connectivity index is 1.65. The van der Waals surface area contributed by atoms with Crippen molar-refractivity contribution in [2.24, 2.45) is 0 Å². The number of aliphatic hydroxyl groups is 1. The van der Waals surface area contributed by atoms with Gasteiger partial charge in [0.15, 0.2) is 0 Å². The fourth-order valence-electron chi connectivity index (χ4n) is 3.76. The number of nitrogens with one attached hydrogen (secondary N) is 2. The topological polar surface area (TPSA) is 66.5 Å². The number of hydrogen-bond donors (Lipinski definition) is 3. The zero-order chi connectivity index (χ0) is 20.3. The van der Waals surface area contributed by atoms with Crippen LogP contribution in [0.1, 0.15) is 32.3 Å². The largest absolute Gasteiger partial charge is 0.388 e. The third kappa shape index (κ3) is 5.18. The highest BCUT2D eigenvalue weighted by Crippen LogP contribution is 2.31. The molecule has 0 bridgehead atoms. The molecule has 1 aromatic heterocycles. The molecule has 0 unspecified atom stereocenters. The molecule has 5 nitrogen and oxygen atoms in total. The molecule has 29 heavy (non-hydrogen) atoms. The summed E-state index contributed by atoms with van der Waals surface area (Å²) in [6.45, 7) is 5.88. The van der Waals surface area contributed by atoms with Gasteiger partial charge in [0.05, 0.1) is 30.0 Å². The first-order valence-electron chi connectivity index (χ1n) is 10.3. The normalized spacial score (nSPS) is 15.7. The van der Waals surface area contributed by atoms with E-state index in [-0.39, 0.29) is 0 Å². The van der Waals surface area contributed by atoms with Crippen molar-refractivity contribution in [2.45, 2.75) is 44.9 Å². The van der Waals surface area contributed by atoms with Gasteiger partial charge >= 0.3 is 0 Å². The first-order valence-corrected chi connectivity index (χ1v) is 10.3. The highest BCUT2D eigenvalue weighted by molar-refractivity contribution is 5.95. The second-order valence-corrected chi connectivity index (χ2v) is 8.49. The van der Waals surface area contributed by atoms with Gasteiger partial charge < -0.3 is 24.9 Å². The average molecular weight is 395 g/mol. The SMILES string of the molecule is CC(C)(O)COCc1cc(NC2CCOCC2)c2[nH]c(-c3ccccc3)cc2c1. The van der Waals surface area contributed by atoms with Crippen molar-refractivity contribution in [3.05, 3.63) is 54.1 Å². The minimum Gasteiger partial charge on any atom is -0.388 e. The van der Waals surface area contributed by atoms with E-state index in [9.17, 15) is 5.11 Å². The Labute approximate surface area is 172 Å². The third-order valence-corrected chi connectivity index (χ3v) is 5.18. The van der Waals surface area contributed by atoms with Crippen LogP contribution in [0.25, 0.3) is 22.2 Å². The summed E-state index contributed by atoms with van der Waals surface area (Å²) in [6, 6.07) is 17.3. The maximum absolute atomic E-state index is 9.91. The highest BCUT2D eigenvalue weighted by atomic mass is 16.5. The minimum absolute atomic E-state index is 0.302. The number of fused-ring (bicyclic) bond motifs is 1. The quantitative estimate of drug-likeness (QED) is 0.543. The molecule has 2 aromatic carbocycles. The van der Waals surface area contributed by atoms with Gasteiger partial charge in [-0.1, -0.05) is 30.3 Å². The number of aromatic nitrogens is 1. The molecule has 0 saturated carbocycles. The van der Waals surface area contributed by atoms with Crippen LogP contribution in [0, 0.1) is 0 Å². The lowest BCUT2D eigenvalue weighted by molar-refractivity contribution is -0.0268. The van der Waals surface area contributed by atoms with Crippen LogP contribution in [0.5, 0.6) is 0 Å². The summed E-state index contributed by atoms with van der Waals surface area (Å²) in [4.78, 5) is 3.60. The maximum Gasteiger partial charge on any atom is 0.0824 e. The molecule has 0 amide bonds. The molecule has 1 saturated heterocycles. The summed E-state index contributed by atoms with van der Waals surface area (Å²) in [5, 5.41) is 14.8. The zero-order valence-electron chi connectivity index (χ0n) is 17.2. The van der Waals surface area contributed by atoms with Crippen LogP contribution in [0.15, 0.2) is 48.5 Å². The fraction of sp³-hybridized carbons (Fsp3) is 0.417. The van der Waals surface area contributed by atoms with E-state index < -0.39 is 5.60 Å². The van der Waals surface area contributed by atoms with E-state index >= 15 is 0 Å². The van der Waals surface area contributed by atoms with Gasteiger partial charge in [-0.15, -0.1) is 0 Å². The number of H-pyrrole nitrogens is 1. The van der Waals surface area contributed by atoms with Crippen molar-refractivity contribution in [1.82, 2.24) is 4.98 Å². The Hall–Kier alpha value is -2.34. The van der Waals surface area contributed by atoms with Gasteiger partial charge in [-0.25, -0.2) is 0 Å². The lowest BCUT2D eigenvalue weighted by atomic mass is 10.1.